The van der Waals surface area contributed by atoms with Crippen LogP contribution in [-0.2, 0) is 0 Å². The molecule has 0 saturated carbocycles. The highest BCUT2D eigenvalue weighted by atomic mass is 16.5. The van der Waals surface area contributed by atoms with Gasteiger partial charge in [0.25, 0.3) is 5.91 Å². The lowest BCUT2D eigenvalue weighted by Gasteiger charge is -2.22. The largest absolute Gasteiger partial charge is 0.493 e. The highest BCUT2D eigenvalue weighted by Crippen LogP contribution is 2.20. The van der Waals surface area contributed by atoms with E-state index in [9.17, 15) is 4.79 Å². The number of nitrogens with zero attached hydrogens (tertiary/aromatic N) is 1. The number of hydrogen-bond donors (Lipinski definition) is 1. The van der Waals surface area contributed by atoms with Crippen molar-refractivity contribution in [2.24, 2.45) is 0 Å². The Bertz CT molecular complexity index is 373. The number of para-hydroxylation sites is 1. The summed E-state index contributed by atoms with van der Waals surface area (Å²) in [5.41, 5.74) is 0.557. The van der Waals surface area contributed by atoms with Gasteiger partial charge in [0.2, 0.25) is 0 Å². The number of ether oxygens (including phenoxy) is 1. The molecule has 100 valence electrons. The summed E-state index contributed by atoms with van der Waals surface area (Å²) < 4.78 is 5.45. The average molecular weight is 251 g/mol. The summed E-state index contributed by atoms with van der Waals surface area (Å²) in [5, 5.41) is 9.01. The number of carbonyl (C=O) groups excluding carboxylic acids is 1. The van der Waals surface area contributed by atoms with Gasteiger partial charge in [0, 0.05) is 13.1 Å². The number of aliphatic hydroxyl groups is 1. The number of benzene rings is 1. The van der Waals surface area contributed by atoms with E-state index < -0.39 is 0 Å². The molecule has 0 unspecified atom stereocenters. The van der Waals surface area contributed by atoms with Crippen LogP contribution in [0.2, 0.25) is 0 Å². The molecule has 0 aromatic heterocycles. The van der Waals surface area contributed by atoms with Crippen molar-refractivity contribution in [3.05, 3.63) is 29.8 Å². The molecule has 1 amide bonds. The fraction of sp³-hybridized carbons (Fsp3) is 0.500. The first-order valence-corrected chi connectivity index (χ1v) is 6.36. The maximum absolute atomic E-state index is 12.4. The van der Waals surface area contributed by atoms with E-state index in [-0.39, 0.29) is 12.5 Å². The predicted octanol–water partition coefficient (Wildman–Crippen LogP) is 1.93. The van der Waals surface area contributed by atoms with Gasteiger partial charge in [0.15, 0.2) is 0 Å². The van der Waals surface area contributed by atoms with Crippen LogP contribution in [0.1, 0.15) is 30.6 Å². The lowest BCUT2D eigenvalue weighted by molar-refractivity contribution is 0.0718. The molecule has 1 aromatic carbocycles. The summed E-state index contributed by atoms with van der Waals surface area (Å²) >= 11 is 0. The molecular formula is C14H21NO3. The Kier molecular flexibility index (Phi) is 6.22. The first-order valence-electron chi connectivity index (χ1n) is 6.36. The van der Waals surface area contributed by atoms with Crippen molar-refractivity contribution < 1.29 is 14.6 Å². The highest BCUT2D eigenvalue weighted by Gasteiger charge is 2.18. The summed E-state index contributed by atoms with van der Waals surface area (Å²) in [7, 11) is 0. The smallest absolute Gasteiger partial charge is 0.257 e. The Labute approximate surface area is 108 Å². The van der Waals surface area contributed by atoms with Crippen LogP contribution >= 0.6 is 0 Å². The molecule has 4 nitrogen and oxygen atoms in total. The Morgan fingerprint density at radius 2 is 2.00 bits per heavy atom. The number of rotatable bonds is 7. The molecule has 1 rings (SSSR count). The number of hydrogen-bond acceptors (Lipinski definition) is 3. The van der Waals surface area contributed by atoms with Crippen LogP contribution < -0.4 is 4.74 Å². The molecule has 0 saturated heterocycles. The minimum atomic E-state index is -0.0880. The van der Waals surface area contributed by atoms with Crippen molar-refractivity contribution in [1.82, 2.24) is 4.90 Å². The van der Waals surface area contributed by atoms with Crippen LogP contribution in [-0.4, -0.2) is 42.2 Å². The second-order valence-electron chi connectivity index (χ2n) is 3.94. The SMILES string of the molecule is CCCN(CCO)C(=O)c1ccccc1OCC. The van der Waals surface area contributed by atoms with E-state index in [2.05, 4.69) is 0 Å². The van der Waals surface area contributed by atoms with Crippen LogP contribution in [0.5, 0.6) is 5.75 Å². The zero-order valence-electron chi connectivity index (χ0n) is 11.1. The van der Waals surface area contributed by atoms with Crippen molar-refractivity contribution in [3.63, 3.8) is 0 Å². The van der Waals surface area contributed by atoms with Crippen molar-refractivity contribution in [2.75, 3.05) is 26.3 Å². The first-order chi connectivity index (χ1) is 8.74. The van der Waals surface area contributed by atoms with Crippen molar-refractivity contribution >= 4 is 5.91 Å². The zero-order valence-corrected chi connectivity index (χ0v) is 11.1. The lowest BCUT2D eigenvalue weighted by Crippen LogP contribution is -2.34. The van der Waals surface area contributed by atoms with E-state index in [0.29, 0.717) is 31.0 Å². The average Bonchev–Trinajstić information content (AvgIpc) is 2.39. The van der Waals surface area contributed by atoms with Gasteiger partial charge < -0.3 is 14.7 Å². The van der Waals surface area contributed by atoms with Crippen LogP contribution in [0.15, 0.2) is 24.3 Å². The molecule has 0 radical (unpaired) electrons. The highest BCUT2D eigenvalue weighted by molar-refractivity contribution is 5.96. The maximum Gasteiger partial charge on any atom is 0.257 e. The minimum absolute atomic E-state index is 0.0253. The third-order valence-electron chi connectivity index (χ3n) is 2.57. The summed E-state index contributed by atoms with van der Waals surface area (Å²) in [6.07, 6.45) is 0.864. The standard InChI is InChI=1S/C14H21NO3/c1-3-9-15(10-11-16)14(17)12-7-5-6-8-13(12)18-4-2/h5-8,16H,3-4,9-11H2,1-2H3. The topological polar surface area (TPSA) is 49.8 Å². The van der Waals surface area contributed by atoms with Gasteiger partial charge in [-0.05, 0) is 25.5 Å². The molecule has 1 N–H and O–H groups in total. The molecule has 0 aliphatic rings. The third-order valence-corrected chi connectivity index (χ3v) is 2.57. The zero-order chi connectivity index (χ0) is 13.4. The molecule has 0 atom stereocenters. The number of aliphatic hydroxyl groups excluding tert-OH is 1. The summed E-state index contributed by atoms with van der Waals surface area (Å²) in [6.45, 7) is 5.39. The maximum atomic E-state index is 12.4. The molecule has 0 heterocycles. The molecule has 0 aliphatic carbocycles. The number of carbonyl (C=O) groups is 1. The van der Waals surface area contributed by atoms with Crippen molar-refractivity contribution in [3.8, 4) is 5.75 Å². The van der Waals surface area contributed by atoms with Crippen LogP contribution in [0.4, 0.5) is 0 Å². The Morgan fingerprint density at radius 1 is 1.28 bits per heavy atom. The second kappa shape index (κ2) is 7.71. The van der Waals surface area contributed by atoms with E-state index in [1.807, 2.05) is 26.0 Å². The predicted molar refractivity (Wildman–Crippen MR) is 70.9 cm³/mol. The third kappa shape index (κ3) is 3.74. The fourth-order valence-corrected chi connectivity index (χ4v) is 1.80. The molecule has 0 aliphatic heterocycles. The fourth-order valence-electron chi connectivity index (χ4n) is 1.80. The molecule has 4 heteroatoms. The quantitative estimate of drug-likeness (QED) is 0.805. The Hall–Kier alpha value is -1.55. The van der Waals surface area contributed by atoms with Crippen molar-refractivity contribution in [1.29, 1.82) is 0 Å². The molecule has 18 heavy (non-hydrogen) atoms. The van der Waals surface area contributed by atoms with Gasteiger partial charge >= 0.3 is 0 Å². The molecule has 0 spiro atoms. The normalized spacial score (nSPS) is 10.2. The second-order valence-corrected chi connectivity index (χ2v) is 3.94. The van der Waals surface area contributed by atoms with Crippen LogP contribution in [0.25, 0.3) is 0 Å². The van der Waals surface area contributed by atoms with E-state index in [4.69, 9.17) is 9.84 Å². The van der Waals surface area contributed by atoms with E-state index in [1.54, 1.807) is 17.0 Å². The summed E-state index contributed by atoms with van der Waals surface area (Å²) in [6, 6.07) is 7.21. The van der Waals surface area contributed by atoms with Gasteiger partial charge in [0.1, 0.15) is 5.75 Å². The summed E-state index contributed by atoms with van der Waals surface area (Å²) in [5.74, 6) is 0.513. The van der Waals surface area contributed by atoms with E-state index in [1.165, 1.54) is 0 Å². The minimum Gasteiger partial charge on any atom is -0.493 e. The lowest BCUT2D eigenvalue weighted by atomic mass is 10.1. The Morgan fingerprint density at radius 3 is 2.61 bits per heavy atom. The first kappa shape index (κ1) is 14.5. The van der Waals surface area contributed by atoms with Crippen LogP contribution in [0.3, 0.4) is 0 Å². The molecule has 1 aromatic rings. The van der Waals surface area contributed by atoms with Crippen LogP contribution in [0, 0.1) is 0 Å². The van der Waals surface area contributed by atoms with Gasteiger partial charge in [0.05, 0.1) is 18.8 Å². The van der Waals surface area contributed by atoms with Gasteiger partial charge in [-0.25, -0.2) is 0 Å². The van der Waals surface area contributed by atoms with E-state index in [0.717, 1.165) is 6.42 Å². The van der Waals surface area contributed by atoms with Gasteiger partial charge in [-0.1, -0.05) is 19.1 Å². The van der Waals surface area contributed by atoms with E-state index >= 15 is 0 Å². The molecule has 0 fully saturated rings. The summed E-state index contributed by atoms with van der Waals surface area (Å²) in [4.78, 5) is 14.0. The van der Waals surface area contributed by atoms with Gasteiger partial charge in [-0.15, -0.1) is 0 Å². The van der Waals surface area contributed by atoms with Gasteiger partial charge in [-0.3, -0.25) is 4.79 Å². The van der Waals surface area contributed by atoms with Gasteiger partial charge in [-0.2, -0.15) is 0 Å². The molecule has 0 bridgehead atoms. The Balaban J connectivity index is 2.92. The number of amides is 1. The van der Waals surface area contributed by atoms with Crippen molar-refractivity contribution in [2.45, 2.75) is 20.3 Å². The molecular weight excluding hydrogens is 230 g/mol. The monoisotopic (exact) mass is 251 g/mol.